The third-order valence-corrected chi connectivity index (χ3v) is 5.29. The topological polar surface area (TPSA) is 97.6 Å². The molecule has 25 heavy (non-hydrogen) atoms. The first kappa shape index (κ1) is 15.7. The zero-order valence-corrected chi connectivity index (χ0v) is 13.6. The van der Waals surface area contributed by atoms with Crippen LogP contribution < -0.4 is 5.73 Å². The largest absolute Gasteiger partial charge is 0.369 e. The molecule has 3 aromatic heterocycles. The Hall–Kier alpha value is -2.83. The Morgan fingerprint density at radius 3 is 2.96 bits per heavy atom. The molecule has 1 amide bonds. The molecule has 1 saturated carbocycles. The van der Waals surface area contributed by atoms with E-state index in [0.29, 0.717) is 17.3 Å². The molecular weight excluding hydrogens is 321 g/mol. The zero-order valence-electron chi connectivity index (χ0n) is 13.6. The summed E-state index contributed by atoms with van der Waals surface area (Å²) in [4.78, 5) is 21.1. The van der Waals surface area contributed by atoms with Crippen LogP contribution in [0.15, 0.2) is 36.9 Å². The predicted octanol–water partition coefficient (Wildman–Crippen LogP) is 2.57. The van der Waals surface area contributed by atoms with Gasteiger partial charge in [0.05, 0.1) is 29.0 Å². The molecule has 0 aliphatic heterocycles. The lowest BCUT2D eigenvalue weighted by molar-refractivity contribution is -0.125. The number of rotatable bonds is 3. The number of nitrogens with two attached hydrogens (primary N) is 1. The van der Waals surface area contributed by atoms with Crippen molar-refractivity contribution in [2.24, 2.45) is 5.73 Å². The van der Waals surface area contributed by atoms with Gasteiger partial charge in [-0.3, -0.25) is 19.9 Å². The molecule has 0 radical (unpaired) electrons. The third-order valence-electron chi connectivity index (χ3n) is 5.29. The highest BCUT2D eigenvalue weighted by Crippen LogP contribution is 2.49. The number of hydrogen-bond acceptors (Lipinski definition) is 4. The summed E-state index contributed by atoms with van der Waals surface area (Å²) in [6.45, 7) is 0. The highest BCUT2D eigenvalue weighted by molar-refractivity contribution is 5.89. The Bertz CT molecular complexity index is 926. The lowest BCUT2D eigenvalue weighted by atomic mass is 9.61. The van der Waals surface area contributed by atoms with Gasteiger partial charge < -0.3 is 5.73 Å². The molecule has 3 aromatic rings. The number of amides is 1. The van der Waals surface area contributed by atoms with Crippen LogP contribution in [0.25, 0.3) is 10.9 Å². The molecular formula is C18H18FN5O. The van der Waals surface area contributed by atoms with E-state index < -0.39 is 17.1 Å². The van der Waals surface area contributed by atoms with Crippen molar-refractivity contribution >= 4 is 16.8 Å². The molecule has 2 atom stereocenters. The lowest BCUT2D eigenvalue weighted by Crippen LogP contribution is -2.49. The van der Waals surface area contributed by atoms with Crippen molar-refractivity contribution in [1.82, 2.24) is 20.2 Å². The summed E-state index contributed by atoms with van der Waals surface area (Å²) in [7, 11) is 0. The molecule has 6 nitrogen and oxygen atoms in total. The Labute approximate surface area is 143 Å². The van der Waals surface area contributed by atoms with Gasteiger partial charge in [0.25, 0.3) is 0 Å². The third kappa shape index (κ3) is 2.30. The van der Waals surface area contributed by atoms with Crippen LogP contribution in [0.3, 0.4) is 0 Å². The number of pyridine rings is 2. The van der Waals surface area contributed by atoms with E-state index in [-0.39, 0.29) is 11.6 Å². The average molecular weight is 339 g/mol. The van der Waals surface area contributed by atoms with E-state index in [1.165, 1.54) is 12.4 Å². The molecule has 0 bridgehead atoms. The van der Waals surface area contributed by atoms with Crippen molar-refractivity contribution in [2.75, 3.05) is 0 Å². The van der Waals surface area contributed by atoms with Gasteiger partial charge in [0.2, 0.25) is 5.91 Å². The Morgan fingerprint density at radius 2 is 2.20 bits per heavy atom. The van der Waals surface area contributed by atoms with Crippen molar-refractivity contribution in [3.63, 3.8) is 0 Å². The molecule has 1 fully saturated rings. The summed E-state index contributed by atoms with van der Waals surface area (Å²) < 4.78 is 15.2. The first-order valence-electron chi connectivity index (χ1n) is 8.32. The van der Waals surface area contributed by atoms with E-state index >= 15 is 4.39 Å². The van der Waals surface area contributed by atoms with Crippen LogP contribution in [0.4, 0.5) is 4.39 Å². The van der Waals surface area contributed by atoms with Crippen LogP contribution in [0.1, 0.15) is 42.9 Å². The molecule has 128 valence electrons. The predicted molar refractivity (Wildman–Crippen MR) is 90.2 cm³/mol. The first-order chi connectivity index (χ1) is 12.1. The van der Waals surface area contributed by atoms with Crippen LogP contribution in [-0.4, -0.2) is 26.1 Å². The summed E-state index contributed by atoms with van der Waals surface area (Å²) in [5.74, 6) is -1.32. The number of aromatic amines is 1. The number of aromatic nitrogens is 4. The molecule has 4 rings (SSSR count). The van der Waals surface area contributed by atoms with Gasteiger partial charge in [-0.2, -0.15) is 5.10 Å². The molecule has 3 N–H and O–H groups in total. The molecule has 2 unspecified atom stereocenters. The van der Waals surface area contributed by atoms with Crippen molar-refractivity contribution in [3.05, 3.63) is 54.0 Å². The van der Waals surface area contributed by atoms with E-state index in [1.807, 2.05) is 12.1 Å². The number of carbonyl (C=O) groups excluding carboxylic acids is 1. The quantitative estimate of drug-likeness (QED) is 0.766. The van der Waals surface area contributed by atoms with Gasteiger partial charge in [-0.25, -0.2) is 4.39 Å². The van der Waals surface area contributed by atoms with E-state index in [2.05, 4.69) is 20.2 Å². The second-order valence-electron chi connectivity index (χ2n) is 6.54. The van der Waals surface area contributed by atoms with Crippen molar-refractivity contribution in [3.8, 4) is 0 Å². The van der Waals surface area contributed by atoms with Crippen molar-refractivity contribution in [1.29, 1.82) is 0 Å². The summed E-state index contributed by atoms with van der Waals surface area (Å²) in [5.41, 5.74) is 6.17. The van der Waals surface area contributed by atoms with Crippen molar-refractivity contribution in [2.45, 2.75) is 37.0 Å². The minimum Gasteiger partial charge on any atom is -0.369 e. The first-order valence-corrected chi connectivity index (χ1v) is 8.32. The normalized spacial score (nSPS) is 23.6. The average Bonchev–Trinajstić information content (AvgIpc) is 3.12. The number of nitrogens with zero attached hydrogens (tertiary/aromatic N) is 3. The maximum absolute atomic E-state index is 15.2. The fourth-order valence-corrected chi connectivity index (χ4v) is 4.10. The van der Waals surface area contributed by atoms with Gasteiger partial charge in [-0.15, -0.1) is 0 Å². The number of fused-ring (bicyclic) bond motifs is 1. The number of nitrogens with one attached hydrogen (secondary N) is 1. The highest BCUT2D eigenvalue weighted by Gasteiger charge is 2.50. The van der Waals surface area contributed by atoms with Crippen LogP contribution in [0.5, 0.6) is 0 Å². The molecule has 1 aliphatic rings. The van der Waals surface area contributed by atoms with Gasteiger partial charge in [-0.1, -0.05) is 18.9 Å². The molecule has 0 saturated heterocycles. The van der Waals surface area contributed by atoms with Crippen LogP contribution >= 0.6 is 0 Å². The van der Waals surface area contributed by atoms with Gasteiger partial charge in [0.15, 0.2) is 5.82 Å². The Morgan fingerprint density at radius 1 is 1.32 bits per heavy atom. The minimum atomic E-state index is -1.18. The minimum absolute atomic E-state index is 0.113. The van der Waals surface area contributed by atoms with Crippen LogP contribution in [0.2, 0.25) is 0 Å². The summed E-state index contributed by atoms with van der Waals surface area (Å²) in [5, 5.41) is 6.88. The number of carbonyl (C=O) groups is 1. The van der Waals surface area contributed by atoms with E-state index in [1.54, 1.807) is 12.4 Å². The maximum Gasteiger partial charge on any atom is 0.230 e. The summed E-state index contributed by atoms with van der Waals surface area (Å²) in [6, 6.07) is 3.73. The molecule has 3 heterocycles. The number of hydrogen-bond donors (Lipinski definition) is 2. The van der Waals surface area contributed by atoms with Gasteiger partial charge >= 0.3 is 0 Å². The standard InChI is InChI=1S/C18H18FN5O/c19-15-12-9-23-24-14(12)10-22-16(15)18(17(20)25)6-2-1-5-13(18)11-4-3-7-21-8-11/h3-4,7-10,13H,1-2,5-6H2,(H2,20,25)(H,23,24). The summed E-state index contributed by atoms with van der Waals surface area (Å²) >= 11 is 0. The molecule has 1 aliphatic carbocycles. The molecule has 0 aromatic carbocycles. The van der Waals surface area contributed by atoms with E-state index in [4.69, 9.17) is 5.73 Å². The maximum atomic E-state index is 15.2. The molecule has 0 spiro atoms. The fraction of sp³-hybridized carbons (Fsp3) is 0.333. The SMILES string of the molecule is NC(=O)C1(c2ncc3[nH]ncc3c2F)CCCCC1c1cccnc1. The number of H-pyrrole nitrogens is 1. The van der Waals surface area contributed by atoms with E-state index in [9.17, 15) is 4.79 Å². The second kappa shape index (κ2) is 5.91. The zero-order chi connectivity index (χ0) is 17.4. The van der Waals surface area contributed by atoms with Crippen LogP contribution in [-0.2, 0) is 10.2 Å². The second-order valence-corrected chi connectivity index (χ2v) is 6.54. The fourth-order valence-electron chi connectivity index (χ4n) is 4.10. The van der Waals surface area contributed by atoms with Crippen LogP contribution in [0, 0.1) is 5.82 Å². The Balaban J connectivity index is 1.96. The monoisotopic (exact) mass is 339 g/mol. The highest BCUT2D eigenvalue weighted by atomic mass is 19.1. The van der Waals surface area contributed by atoms with Crippen molar-refractivity contribution < 1.29 is 9.18 Å². The number of halogens is 1. The molecule has 7 heteroatoms. The number of primary amides is 1. The van der Waals surface area contributed by atoms with Gasteiger partial charge in [0.1, 0.15) is 5.41 Å². The lowest BCUT2D eigenvalue weighted by Gasteiger charge is -2.41. The van der Waals surface area contributed by atoms with Gasteiger partial charge in [-0.05, 0) is 24.5 Å². The summed E-state index contributed by atoms with van der Waals surface area (Å²) in [6.07, 6.45) is 9.27. The van der Waals surface area contributed by atoms with E-state index in [0.717, 1.165) is 24.8 Å². The Kier molecular flexibility index (Phi) is 3.71. The van der Waals surface area contributed by atoms with Gasteiger partial charge in [0, 0.05) is 18.3 Å². The smallest absolute Gasteiger partial charge is 0.230 e.